The molecule has 0 aliphatic carbocycles. The van der Waals surface area contributed by atoms with Gasteiger partial charge in [-0.3, -0.25) is 24.2 Å². The molecular formula is C26H23FN6O5S. The summed E-state index contributed by atoms with van der Waals surface area (Å²) >= 11 is 1.33. The second-order valence-corrected chi connectivity index (χ2v) is 9.59. The fourth-order valence-corrected chi connectivity index (χ4v) is 4.54. The van der Waals surface area contributed by atoms with E-state index in [9.17, 15) is 28.7 Å². The van der Waals surface area contributed by atoms with Crippen LogP contribution in [0.1, 0.15) is 16.1 Å². The molecular weight excluding hydrogens is 527 g/mol. The van der Waals surface area contributed by atoms with Crippen LogP contribution in [-0.4, -0.2) is 64.0 Å². The maximum Gasteiger partial charge on any atom is 0.332 e. The molecule has 0 bridgehead atoms. The fraction of sp³-hybridized carbons (Fsp3) is 0.231. The average molecular weight is 551 g/mol. The van der Waals surface area contributed by atoms with Crippen molar-refractivity contribution in [1.29, 1.82) is 5.26 Å². The number of aromatic nitrogens is 1. The van der Waals surface area contributed by atoms with Crippen molar-refractivity contribution in [3.63, 3.8) is 0 Å². The van der Waals surface area contributed by atoms with Crippen LogP contribution < -0.4 is 15.5 Å². The van der Waals surface area contributed by atoms with Gasteiger partial charge in [0.15, 0.2) is 6.10 Å². The summed E-state index contributed by atoms with van der Waals surface area (Å²) in [4.78, 5) is 56.8. The molecule has 2 aromatic carbocycles. The number of carbonyl (C=O) groups excluding carboxylic acids is 4. The number of halogens is 1. The van der Waals surface area contributed by atoms with Crippen LogP contribution in [0.4, 0.5) is 14.9 Å². The van der Waals surface area contributed by atoms with Crippen molar-refractivity contribution >= 4 is 40.8 Å². The first-order chi connectivity index (χ1) is 18.7. The Labute approximate surface area is 226 Å². The molecule has 200 valence electrons. The van der Waals surface area contributed by atoms with Crippen molar-refractivity contribution < 1.29 is 28.7 Å². The van der Waals surface area contributed by atoms with Crippen molar-refractivity contribution in [3.05, 3.63) is 82.1 Å². The number of hydrogen-bond donors (Lipinski definition) is 3. The van der Waals surface area contributed by atoms with Crippen LogP contribution in [0.3, 0.4) is 0 Å². The molecule has 2 heterocycles. The van der Waals surface area contributed by atoms with Crippen LogP contribution in [0.15, 0.2) is 60.1 Å². The second kappa shape index (κ2) is 12.2. The predicted octanol–water partition coefficient (Wildman–Crippen LogP) is 1.33. The molecule has 1 aliphatic heterocycles. The first-order valence-corrected chi connectivity index (χ1v) is 12.6. The van der Waals surface area contributed by atoms with E-state index >= 15 is 0 Å². The third-order valence-electron chi connectivity index (χ3n) is 5.87. The van der Waals surface area contributed by atoms with Gasteiger partial charge in [0.2, 0.25) is 5.91 Å². The Bertz CT molecular complexity index is 1410. The van der Waals surface area contributed by atoms with Crippen LogP contribution in [0, 0.1) is 17.1 Å². The first-order valence-electron chi connectivity index (χ1n) is 11.7. The van der Waals surface area contributed by atoms with Gasteiger partial charge in [0.05, 0.1) is 29.9 Å². The number of nitriles is 1. The summed E-state index contributed by atoms with van der Waals surface area (Å²) in [6.07, 6.45) is 0.0271. The number of thiazole rings is 1. The minimum absolute atomic E-state index is 0.00193. The minimum Gasteiger partial charge on any atom is -0.381 e. The average Bonchev–Trinajstić information content (AvgIpc) is 3.55. The highest BCUT2D eigenvalue weighted by molar-refractivity contribution is 7.09. The van der Waals surface area contributed by atoms with E-state index in [4.69, 9.17) is 5.26 Å². The number of aliphatic hydroxyl groups excluding tert-OH is 1. The van der Waals surface area contributed by atoms with E-state index in [-0.39, 0.29) is 24.2 Å². The zero-order valence-electron chi connectivity index (χ0n) is 20.4. The maximum atomic E-state index is 13.9. The topological polar surface area (TPSA) is 156 Å². The van der Waals surface area contributed by atoms with Gasteiger partial charge in [-0.1, -0.05) is 30.3 Å². The lowest BCUT2D eigenvalue weighted by Crippen LogP contribution is -2.53. The van der Waals surface area contributed by atoms with E-state index < -0.39 is 54.8 Å². The van der Waals surface area contributed by atoms with Crippen molar-refractivity contribution in [2.24, 2.45) is 0 Å². The number of urea groups is 1. The molecule has 0 saturated carbocycles. The van der Waals surface area contributed by atoms with Crippen LogP contribution in [0.5, 0.6) is 0 Å². The van der Waals surface area contributed by atoms with Gasteiger partial charge in [0.1, 0.15) is 23.9 Å². The lowest BCUT2D eigenvalue weighted by Gasteiger charge is -2.25. The number of nitrogens with one attached hydrogen (secondary N) is 2. The molecule has 0 unspecified atom stereocenters. The number of hydrogen-bond acceptors (Lipinski definition) is 8. The van der Waals surface area contributed by atoms with Crippen LogP contribution >= 0.6 is 11.3 Å². The first kappa shape index (κ1) is 27.4. The minimum atomic E-state index is -1.65. The van der Waals surface area contributed by atoms with E-state index in [2.05, 4.69) is 15.6 Å². The van der Waals surface area contributed by atoms with Crippen LogP contribution in [0.25, 0.3) is 0 Å². The summed E-state index contributed by atoms with van der Waals surface area (Å²) in [5.74, 6) is -2.99. The Morgan fingerprint density at radius 3 is 2.67 bits per heavy atom. The Balaban J connectivity index is 1.44. The number of benzene rings is 2. The largest absolute Gasteiger partial charge is 0.381 e. The van der Waals surface area contributed by atoms with Crippen molar-refractivity contribution in [2.75, 3.05) is 18.0 Å². The van der Waals surface area contributed by atoms with E-state index in [0.717, 1.165) is 22.6 Å². The zero-order valence-corrected chi connectivity index (χ0v) is 21.2. The third kappa shape index (κ3) is 6.81. The number of aliphatic hydroxyl groups is 1. The van der Waals surface area contributed by atoms with Gasteiger partial charge in [0.25, 0.3) is 11.8 Å². The molecule has 0 radical (unpaired) electrons. The number of amides is 5. The molecule has 5 amide bonds. The SMILES string of the molecule is N#Cc1cc(F)cc(N2CC(=O)N(CC(=O)N[C@H](Cc3ccccc3)[C@H](O)C(=O)NCc3nccs3)C2=O)c1. The Kier molecular flexibility index (Phi) is 8.60. The van der Waals surface area contributed by atoms with E-state index in [1.807, 2.05) is 0 Å². The quantitative estimate of drug-likeness (QED) is 0.322. The summed E-state index contributed by atoms with van der Waals surface area (Å²) in [5.41, 5.74) is 0.697. The number of carbonyl (C=O) groups is 4. The summed E-state index contributed by atoms with van der Waals surface area (Å²) in [7, 11) is 0. The lowest BCUT2D eigenvalue weighted by atomic mass is 10.0. The molecule has 1 aromatic heterocycles. The normalized spacial score (nSPS) is 14.6. The van der Waals surface area contributed by atoms with E-state index in [0.29, 0.717) is 9.91 Å². The number of nitrogens with zero attached hydrogens (tertiary/aromatic N) is 4. The fourth-order valence-electron chi connectivity index (χ4n) is 3.99. The standard InChI is InChI=1S/C26H23FN6O5S/c27-18-8-17(12-28)9-19(11-18)32-15-23(35)33(26(32)38)14-21(34)31-20(10-16-4-2-1-3-5-16)24(36)25(37)30-13-22-29-6-7-39-22/h1-9,11,20,24,36H,10,13-15H2,(H,30,37)(H,31,34)/t20-,24+/m1/s1. The lowest BCUT2D eigenvalue weighted by molar-refractivity contribution is -0.134. The zero-order chi connectivity index (χ0) is 27.9. The molecule has 11 nitrogen and oxygen atoms in total. The molecule has 3 aromatic rings. The number of imide groups is 1. The highest BCUT2D eigenvalue weighted by atomic mass is 32.1. The van der Waals surface area contributed by atoms with Crippen LogP contribution in [0.2, 0.25) is 0 Å². The van der Waals surface area contributed by atoms with Crippen molar-refractivity contribution in [1.82, 2.24) is 20.5 Å². The molecule has 0 spiro atoms. The van der Waals surface area contributed by atoms with Gasteiger partial charge in [-0.2, -0.15) is 5.26 Å². The van der Waals surface area contributed by atoms with Gasteiger partial charge in [-0.15, -0.1) is 11.3 Å². The van der Waals surface area contributed by atoms with Gasteiger partial charge < -0.3 is 15.7 Å². The molecule has 39 heavy (non-hydrogen) atoms. The van der Waals surface area contributed by atoms with Gasteiger partial charge >= 0.3 is 6.03 Å². The molecule has 2 atom stereocenters. The molecule has 13 heteroatoms. The summed E-state index contributed by atoms with van der Waals surface area (Å²) in [6, 6.07) is 11.9. The number of anilines is 1. The summed E-state index contributed by atoms with van der Waals surface area (Å²) in [5, 5.41) is 27.4. The van der Waals surface area contributed by atoms with Gasteiger partial charge in [-0.25, -0.2) is 14.2 Å². The molecule has 4 rings (SSSR count). The van der Waals surface area contributed by atoms with Crippen LogP contribution in [-0.2, 0) is 27.3 Å². The van der Waals surface area contributed by atoms with E-state index in [1.165, 1.54) is 17.4 Å². The Morgan fingerprint density at radius 2 is 1.97 bits per heavy atom. The molecule has 3 N–H and O–H groups in total. The maximum absolute atomic E-state index is 13.9. The third-order valence-corrected chi connectivity index (χ3v) is 6.65. The molecule has 1 aliphatic rings. The highest BCUT2D eigenvalue weighted by Gasteiger charge is 2.39. The number of rotatable bonds is 10. The Morgan fingerprint density at radius 1 is 1.21 bits per heavy atom. The highest BCUT2D eigenvalue weighted by Crippen LogP contribution is 2.23. The predicted molar refractivity (Wildman–Crippen MR) is 138 cm³/mol. The smallest absolute Gasteiger partial charge is 0.332 e. The second-order valence-electron chi connectivity index (χ2n) is 8.61. The summed E-state index contributed by atoms with van der Waals surface area (Å²) < 4.78 is 13.9. The van der Waals surface area contributed by atoms with Crippen molar-refractivity contribution in [3.8, 4) is 6.07 Å². The van der Waals surface area contributed by atoms with Gasteiger partial charge in [0, 0.05) is 11.6 Å². The van der Waals surface area contributed by atoms with Gasteiger partial charge in [-0.05, 0) is 30.2 Å². The molecule has 1 fully saturated rings. The Hall–Kier alpha value is -4.67. The monoisotopic (exact) mass is 550 g/mol. The van der Waals surface area contributed by atoms with Crippen molar-refractivity contribution in [2.45, 2.75) is 25.1 Å². The molecule has 1 saturated heterocycles. The van der Waals surface area contributed by atoms with E-state index in [1.54, 1.807) is 48.0 Å². The summed E-state index contributed by atoms with van der Waals surface area (Å²) in [6.45, 7) is -1.04.